The summed E-state index contributed by atoms with van der Waals surface area (Å²) in [5.74, 6) is -1.23. The minimum absolute atomic E-state index is 0.236. The van der Waals surface area contributed by atoms with Crippen LogP contribution in [-0.4, -0.2) is 50.0 Å². The Bertz CT molecular complexity index is 661. The first kappa shape index (κ1) is 17.5. The molecule has 3 rings (SSSR count). The summed E-state index contributed by atoms with van der Waals surface area (Å²) in [6.07, 6.45) is 1.49. The number of carboxylic acids is 1. The molecule has 0 spiro atoms. The van der Waals surface area contributed by atoms with E-state index in [2.05, 4.69) is 5.32 Å². The van der Waals surface area contributed by atoms with Crippen LogP contribution in [0.2, 0.25) is 0 Å². The number of carbonyl (C=O) groups excluding carboxylic acids is 1. The molecule has 25 heavy (non-hydrogen) atoms. The van der Waals surface area contributed by atoms with Gasteiger partial charge in [0.1, 0.15) is 0 Å². The van der Waals surface area contributed by atoms with Crippen LogP contribution in [0.25, 0.3) is 0 Å². The van der Waals surface area contributed by atoms with Gasteiger partial charge < -0.3 is 24.6 Å². The van der Waals surface area contributed by atoms with Gasteiger partial charge in [0, 0.05) is 6.54 Å². The van der Waals surface area contributed by atoms with Gasteiger partial charge in [-0.2, -0.15) is 0 Å². The van der Waals surface area contributed by atoms with Crippen molar-refractivity contribution in [2.75, 3.05) is 20.8 Å². The van der Waals surface area contributed by atoms with E-state index >= 15 is 0 Å². The Morgan fingerprint density at radius 1 is 1.16 bits per heavy atom. The molecular weight excluding hydrogens is 326 g/mol. The fraction of sp³-hybridized carbons (Fsp3) is 0.556. The molecule has 2 saturated heterocycles. The third-order valence-corrected chi connectivity index (χ3v) is 5.02. The Labute approximate surface area is 146 Å². The minimum Gasteiger partial charge on any atom is -0.493 e. The summed E-state index contributed by atoms with van der Waals surface area (Å²) in [5, 5.41) is 12.2. The van der Waals surface area contributed by atoms with Gasteiger partial charge in [-0.3, -0.25) is 9.59 Å². The highest BCUT2D eigenvalue weighted by atomic mass is 16.5. The molecule has 1 aromatic carbocycles. The Morgan fingerprint density at radius 3 is 2.48 bits per heavy atom. The van der Waals surface area contributed by atoms with Crippen LogP contribution in [0.15, 0.2) is 18.2 Å². The molecule has 136 valence electrons. The largest absolute Gasteiger partial charge is 0.493 e. The van der Waals surface area contributed by atoms with Crippen LogP contribution in [0.3, 0.4) is 0 Å². The lowest BCUT2D eigenvalue weighted by molar-refractivity contribution is -0.147. The molecule has 4 atom stereocenters. The lowest BCUT2D eigenvalue weighted by atomic mass is 9.78. The number of carboxylic acid groups (broad SMARTS) is 1. The first-order valence-corrected chi connectivity index (χ1v) is 8.42. The molecule has 2 aliphatic heterocycles. The van der Waals surface area contributed by atoms with E-state index in [9.17, 15) is 14.7 Å². The van der Waals surface area contributed by atoms with Crippen molar-refractivity contribution < 1.29 is 28.9 Å². The molecule has 0 saturated carbocycles. The molecule has 2 heterocycles. The number of amides is 1. The maximum absolute atomic E-state index is 12.5. The van der Waals surface area contributed by atoms with Crippen LogP contribution in [0.5, 0.6) is 11.5 Å². The third kappa shape index (κ3) is 3.42. The molecule has 1 aromatic rings. The number of rotatable bonds is 7. The zero-order valence-corrected chi connectivity index (χ0v) is 14.4. The van der Waals surface area contributed by atoms with Crippen molar-refractivity contribution in [2.45, 2.75) is 31.5 Å². The van der Waals surface area contributed by atoms with Gasteiger partial charge in [-0.1, -0.05) is 6.07 Å². The molecule has 4 unspecified atom stereocenters. The van der Waals surface area contributed by atoms with Gasteiger partial charge in [0.2, 0.25) is 5.91 Å². The second-order valence-electron chi connectivity index (χ2n) is 6.41. The van der Waals surface area contributed by atoms with E-state index in [0.717, 1.165) is 18.4 Å². The molecule has 0 radical (unpaired) electrons. The summed E-state index contributed by atoms with van der Waals surface area (Å²) in [4.78, 5) is 23.9. The third-order valence-electron chi connectivity index (χ3n) is 5.02. The van der Waals surface area contributed by atoms with Crippen molar-refractivity contribution in [2.24, 2.45) is 11.8 Å². The first-order valence-electron chi connectivity index (χ1n) is 8.42. The molecule has 2 fully saturated rings. The number of hydrogen-bond donors (Lipinski definition) is 2. The number of benzene rings is 1. The molecule has 0 aromatic heterocycles. The molecule has 7 heteroatoms. The molecular formula is C18H23NO6. The lowest BCUT2D eigenvalue weighted by Gasteiger charge is -2.23. The second kappa shape index (κ2) is 7.31. The quantitative estimate of drug-likeness (QED) is 0.769. The van der Waals surface area contributed by atoms with Crippen molar-refractivity contribution >= 4 is 11.9 Å². The van der Waals surface area contributed by atoms with Crippen LogP contribution >= 0.6 is 0 Å². The van der Waals surface area contributed by atoms with Crippen LogP contribution in [0, 0.1) is 11.8 Å². The van der Waals surface area contributed by atoms with Gasteiger partial charge >= 0.3 is 5.97 Å². The molecule has 0 aliphatic carbocycles. The molecule has 1 amide bonds. The number of ether oxygens (including phenoxy) is 3. The zero-order valence-electron chi connectivity index (χ0n) is 14.4. The Hall–Kier alpha value is -2.28. The van der Waals surface area contributed by atoms with Crippen LogP contribution < -0.4 is 14.8 Å². The van der Waals surface area contributed by atoms with Crippen LogP contribution in [0.1, 0.15) is 18.4 Å². The summed E-state index contributed by atoms with van der Waals surface area (Å²) < 4.78 is 16.1. The summed E-state index contributed by atoms with van der Waals surface area (Å²) >= 11 is 0. The number of methoxy groups -OCH3 is 2. The normalized spacial score (nSPS) is 27.1. The van der Waals surface area contributed by atoms with Gasteiger partial charge in [0.05, 0.1) is 38.3 Å². The Kier molecular flexibility index (Phi) is 5.13. The van der Waals surface area contributed by atoms with E-state index < -0.39 is 17.8 Å². The predicted molar refractivity (Wildman–Crippen MR) is 88.8 cm³/mol. The van der Waals surface area contributed by atoms with Gasteiger partial charge in [0.25, 0.3) is 0 Å². The molecule has 2 N–H and O–H groups in total. The van der Waals surface area contributed by atoms with Crippen molar-refractivity contribution in [3.63, 3.8) is 0 Å². The number of aliphatic carboxylic acids is 1. The number of hydrogen-bond acceptors (Lipinski definition) is 5. The van der Waals surface area contributed by atoms with E-state index in [-0.39, 0.29) is 18.1 Å². The van der Waals surface area contributed by atoms with Crippen molar-refractivity contribution in [1.82, 2.24) is 5.32 Å². The van der Waals surface area contributed by atoms with Crippen LogP contribution in [0.4, 0.5) is 0 Å². The average molecular weight is 349 g/mol. The lowest BCUT2D eigenvalue weighted by Crippen LogP contribution is -2.44. The Balaban J connectivity index is 1.57. The fourth-order valence-electron chi connectivity index (χ4n) is 3.81. The topological polar surface area (TPSA) is 94.1 Å². The van der Waals surface area contributed by atoms with Gasteiger partial charge in [-0.15, -0.1) is 0 Å². The smallest absolute Gasteiger partial charge is 0.310 e. The monoisotopic (exact) mass is 349 g/mol. The molecule has 7 nitrogen and oxygen atoms in total. The maximum atomic E-state index is 12.5. The standard InChI is InChI=1S/C18H23NO6/c1-23-11-4-3-10(9-14(11)24-2)7-8-19-17(20)15-12-5-6-13(25-12)16(15)18(21)22/h3-4,9,12-13,15-16H,5-8H2,1-2H3,(H,19,20)(H,21,22). The number of nitrogens with one attached hydrogen (secondary N) is 1. The zero-order chi connectivity index (χ0) is 18.0. The van der Waals surface area contributed by atoms with Gasteiger partial charge in [-0.25, -0.2) is 0 Å². The molecule has 2 aliphatic rings. The first-order chi connectivity index (χ1) is 12.0. The second-order valence-corrected chi connectivity index (χ2v) is 6.41. The molecule has 2 bridgehead atoms. The highest BCUT2D eigenvalue weighted by Crippen LogP contribution is 2.43. The van der Waals surface area contributed by atoms with Crippen molar-refractivity contribution in [3.05, 3.63) is 23.8 Å². The van der Waals surface area contributed by atoms with Gasteiger partial charge in [0.15, 0.2) is 11.5 Å². The van der Waals surface area contributed by atoms with E-state index in [1.807, 2.05) is 18.2 Å². The maximum Gasteiger partial charge on any atom is 0.310 e. The summed E-state index contributed by atoms with van der Waals surface area (Å²) in [7, 11) is 3.15. The average Bonchev–Trinajstić information content (AvgIpc) is 3.22. The van der Waals surface area contributed by atoms with E-state index in [0.29, 0.717) is 24.5 Å². The fourth-order valence-corrected chi connectivity index (χ4v) is 3.81. The summed E-state index contributed by atoms with van der Waals surface area (Å²) in [6.45, 7) is 0.425. The van der Waals surface area contributed by atoms with Gasteiger partial charge in [-0.05, 0) is 37.0 Å². The highest BCUT2D eigenvalue weighted by Gasteiger charge is 2.55. The predicted octanol–water partition coefficient (Wildman–Crippen LogP) is 1.24. The van der Waals surface area contributed by atoms with E-state index in [1.165, 1.54) is 0 Å². The number of carbonyl (C=O) groups is 2. The van der Waals surface area contributed by atoms with E-state index in [4.69, 9.17) is 14.2 Å². The summed E-state index contributed by atoms with van der Waals surface area (Å²) in [6, 6.07) is 5.60. The summed E-state index contributed by atoms with van der Waals surface area (Å²) in [5.41, 5.74) is 0.997. The van der Waals surface area contributed by atoms with Crippen LogP contribution in [-0.2, 0) is 20.7 Å². The SMILES string of the molecule is COc1ccc(CCNC(=O)C2C3CCC(O3)C2C(=O)O)cc1OC. The highest BCUT2D eigenvalue weighted by molar-refractivity contribution is 5.86. The number of fused-ring (bicyclic) bond motifs is 2. The Morgan fingerprint density at radius 2 is 1.84 bits per heavy atom. The van der Waals surface area contributed by atoms with E-state index in [1.54, 1.807) is 14.2 Å². The minimum atomic E-state index is -0.952. The van der Waals surface area contributed by atoms with Crippen molar-refractivity contribution in [1.29, 1.82) is 0 Å². The van der Waals surface area contributed by atoms with Crippen molar-refractivity contribution in [3.8, 4) is 11.5 Å².